The van der Waals surface area contributed by atoms with E-state index < -0.39 is 5.97 Å². The fourth-order valence-electron chi connectivity index (χ4n) is 4.80. The van der Waals surface area contributed by atoms with Gasteiger partial charge in [-0.05, 0) is 72.1 Å². The maximum Gasteiger partial charge on any atom is 0.303 e. The summed E-state index contributed by atoms with van der Waals surface area (Å²) in [6.07, 6.45) is 4.67. The van der Waals surface area contributed by atoms with Crippen LogP contribution in [0.25, 0.3) is 0 Å². The predicted octanol–water partition coefficient (Wildman–Crippen LogP) is 4.85. The van der Waals surface area contributed by atoms with Gasteiger partial charge in [0, 0.05) is 42.3 Å². The van der Waals surface area contributed by atoms with Crippen LogP contribution in [0, 0.1) is 5.92 Å². The van der Waals surface area contributed by atoms with Crippen LogP contribution in [0.5, 0.6) is 0 Å². The third-order valence-electron chi connectivity index (χ3n) is 6.56. The Hall–Kier alpha value is -2.80. The van der Waals surface area contributed by atoms with Crippen molar-refractivity contribution in [3.8, 4) is 0 Å². The van der Waals surface area contributed by atoms with Crippen molar-refractivity contribution < 1.29 is 14.7 Å². The van der Waals surface area contributed by atoms with Crippen molar-refractivity contribution in [2.45, 2.75) is 38.5 Å². The number of carbonyl (C=O) groups is 2. The molecule has 2 atom stereocenters. The highest BCUT2D eigenvalue weighted by Gasteiger charge is 2.30. The molecule has 1 fully saturated rings. The first-order valence-corrected chi connectivity index (χ1v) is 12.8. The minimum absolute atomic E-state index is 0.121. The first kappa shape index (κ1) is 23.4. The Balaban J connectivity index is 1.42. The molecule has 2 aromatic carbocycles. The number of carboxylic acid groups (broad SMARTS) is 1. The smallest absolute Gasteiger partial charge is 0.303 e. The van der Waals surface area contributed by atoms with Crippen molar-refractivity contribution in [3.63, 3.8) is 0 Å². The van der Waals surface area contributed by atoms with E-state index in [2.05, 4.69) is 22.4 Å². The number of carboxylic acids is 1. The van der Waals surface area contributed by atoms with Gasteiger partial charge in [0.05, 0.1) is 6.21 Å². The first-order chi connectivity index (χ1) is 16.0. The van der Waals surface area contributed by atoms with Crippen LogP contribution in [-0.2, 0) is 11.2 Å². The van der Waals surface area contributed by atoms with Crippen molar-refractivity contribution in [1.82, 2.24) is 5.01 Å². The van der Waals surface area contributed by atoms with Gasteiger partial charge in [-0.1, -0.05) is 25.1 Å². The van der Waals surface area contributed by atoms with Crippen molar-refractivity contribution >= 4 is 35.5 Å². The van der Waals surface area contributed by atoms with Gasteiger partial charge in [-0.15, -0.1) is 0 Å². The number of aliphatic carboxylic acids is 1. The molecule has 2 aromatic rings. The highest BCUT2D eigenvalue weighted by molar-refractivity contribution is 7.99. The largest absolute Gasteiger partial charge is 0.481 e. The Labute approximate surface area is 199 Å². The Kier molecular flexibility index (Phi) is 7.70. The van der Waals surface area contributed by atoms with E-state index in [1.54, 1.807) is 0 Å². The second-order valence-corrected chi connectivity index (χ2v) is 9.94. The Morgan fingerprint density at radius 1 is 1.18 bits per heavy atom. The van der Waals surface area contributed by atoms with Crippen LogP contribution >= 0.6 is 11.8 Å². The molecule has 0 radical (unpaired) electrons. The van der Waals surface area contributed by atoms with Crippen molar-refractivity contribution in [2.24, 2.45) is 11.0 Å². The number of carbonyl (C=O) groups excluding carboxylic acids is 1. The van der Waals surface area contributed by atoms with Crippen LogP contribution in [0.3, 0.4) is 0 Å². The van der Waals surface area contributed by atoms with Crippen LogP contribution in [-0.4, -0.2) is 52.8 Å². The van der Waals surface area contributed by atoms with Gasteiger partial charge in [0.2, 0.25) is 0 Å². The number of amides is 1. The number of benzene rings is 2. The molecule has 1 saturated heterocycles. The van der Waals surface area contributed by atoms with Crippen molar-refractivity contribution in [2.75, 3.05) is 29.9 Å². The fourth-order valence-corrected chi connectivity index (χ4v) is 5.68. The van der Waals surface area contributed by atoms with E-state index in [1.165, 1.54) is 5.56 Å². The topological polar surface area (TPSA) is 82.0 Å². The van der Waals surface area contributed by atoms with Gasteiger partial charge in [0.15, 0.2) is 0 Å². The molecule has 7 heteroatoms. The zero-order valence-corrected chi connectivity index (χ0v) is 19.8. The molecule has 4 rings (SSSR count). The van der Waals surface area contributed by atoms with Gasteiger partial charge in [-0.3, -0.25) is 14.6 Å². The zero-order valence-electron chi connectivity index (χ0n) is 19.0. The Bertz CT molecular complexity index is 1020. The monoisotopic (exact) mass is 465 g/mol. The molecule has 1 amide bonds. The van der Waals surface area contributed by atoms with Gasteiger partial charge in [0.25, 0.3) is 5.91 Å². The van der Waals surface area contributed by atoms with E-state index >= 15 is 0 Å². The van der Waals surface area contributed by atoms with Crippen molar-refractivity contribution in [1.29, 1.82) is 0 Å². The summed E-state index contributed by atoms with van der Waals surface area (Å²) in [5, 5.41) is 18.9. The third kappa shape index (κ3) is 5.96. The van der Waals surface area contributed by atoms with Crippen LogP contribution in [0.2, 0.25) is 0 Å². The molecular weight excluding hydrogens is 434 g/mol. The van der Waals surface area contributed by atoms with Crippen LogP contribution in [0.1, 0.15) is 59.2 Å². The van der Waals surface area contributed by atoms with Gasteiger partial charge < -0.3 is 10.4 Å². The summed E-state index contributed by atoms with van der Waals surface area (Å²) in [5.41, 5.74) is 4.70. The Morgan fingerprint density at radius 3 is 2.64 bits per heavy atom. The number of fused-ring (bicyclic) bond motifs is 1. The quantitative estimate of drug-likeness (QED) is 0.571. The molecule has 0 spiro atoms. The number of thioether (sulfide) groups is 1. The second kappa shape index (κ2) is 10.9. The minimum Gasteiger partial charge on any atom is -0.481 e. The molecule has 0 bridgehead atoms. The molecule has 1 heterocycles. The van der Waals surface area contributed by atoms with E-state index in [1.807, 2.05) is 60.4 Å². The predicted molar refractivity (Wildman–Crippen MR) is 134 cm³/mol. The number of hydrogen-bond donors (Lipinski definition) is 2. The van der Waals surface area contributed by atoms with E-state index in [4.69, 9.17) is 0 Å². The number of rotatable bonds is 7. The number of anilines is 1. The van der Waals surface area contributed by atoms with Gasteiger partial charge in [-0.2, -0.15) is 16.9 Å². The fraction of sp³-hybridized carbons (Fsp3) is 0.423. The summed E-state index contributed by atoms with van der Waals surface area (Å²) in [5.74, 6) is 1.62. The lowest BCUT2D eigenvalue weighted by Crippen LogP contribution is -2.27. The molecule has 1 aliphatic heterocycles. The van der Waals surface area contributed by atoms with E-state index in [9.17, 15) is 14.7 Å². The number of hydrogen-bond acceptors (Lipinski definition) is 5. The number of hydrazone groups is 1. The van der Waals surface area contributed by atoms with E-state index in [0.29, 0.717) is 5.56 Å². The molecule has 0 saturated carbocycles. The number of nitrogens with zero attached hydrogens (tertiary/aromatic N) is 2. The highest BCUT2D eigenvalue weighted by Crippen LogP contribution is 2.40. The summed E-state index contributed by atoms with van der Waals surface area (Å²) in [7, 11) is 0. The molecule has 174 valence electrons. The SMILES string of the molecule is CCC1c2cc(C(=O)Nc3ccc(C=NN4CCSCC4)cc3)ccc2CCC1CC(=O)O. The van der Waals surface area contributed by atoms with Crippen LogP contribution < -0.4 is 5.32 Å². The molecule has 33 heavy (non-hydrogen) atoms. The molecule has 0 aromatic heterocycles. The van der Waals surface area contributed by atoms with E-state index in [0.717, 1.165) is 60.7 Å². The average molecular weight is 466 g/mol. The van der Waals surface area contributed by atoms with Crippen molar-refractivity contribution in [3.05, 3.63) is 64.7 Å². The third-order valence-corrected chi connectivity index (χ3v) is 7.51. The second-order valence-electron chi connectivity index (χ2n) is 8.71. The summed E-state index contributed by atoms with van der Waals surface area (Å²) in [4.78, 5) is 24.2. The molecule has 2 unspecified atom stereocenters. The standard InChI is InChI=1S/C26H31N3O3S/c1-2-23-20(16-25(30)31)7-5-19-6-8-21(15-24(19)23)26(32)28-22-9-3-18(4-10-22)17-27-29-11-13-33-14-12-29/h3-4,6,8-10,15,17,20,23H,2,5,7,11-14,16H2,1H3,(H,28,32)(H,30,31). The van der Waals surface area contributed by atoms with Crippen LogP contribution in [0.4, 0.5) is 5.69 Å². The number of nitrogens with one attached hydrogen (secondary N) is 1. The highest BCUT2D eigenvalue weighted by atomic mass is 32.2. The summed E-state index contributed by atoms with van der Waals surface area (Å²) < 4.78 is 0. The number of aryl methyl sites for hydroxylation is 1. The first-order valence-electron chi connectivity index (χ1n) is 11.7. The summed E-state index contributed by atoms with van der Waals surface area (Å²) in [6, 6.07) is 13.6. The normalized spacial score (nSPS) is 20.5. The van der Waals surface area contributed by atoms with Gasteiger partial charge in [0.1, 0.15) is 0 Å². The van der Waals surface area contributed by atoms with E-state index in [-0.39, 0.29) is 24.2 Å². The lowest BCUT2D eigenvalue weighted by molar-refractivity contribution is -0.138. The maximum absolute atomic E-state index is 12.9. The summed E-state index contributed by atoms with van der Waals surface area (Å²) in [6.45, 7) is 4.05. The Morgan fingerprint density at radius 2 is 1.94 bits per heavy atom. The maximum atomic E-state index is 12.9. The molecule has 2 N–H and O–H groups in total. The molecule has 6 nitrogen and oxygen atoms in total. The average Bonchev–Trinajstić information content (AvgIpc) is 2.83. The van der Waals surface area contributed by atoms with Crippen LogP contribution in [0.15, 0.2) is 47.6 Å². The summed E-state index contributed by atoms with van der Waals surface area (Å²) >= 11 is 1.96. The molecule has 2 aliphatic rings. The minimum atomic E-state index is -0.751. The molecular formula is C26H31N3O3S. The lowest BCUT2D eigenvalue weighted by atomic mass is 9.72. The lowest BCUT2D eigenvalue weighted by Gasteiger charge is -2.32. The zero-order chi connectivity index (χ0) is 23.2. The van der Waals surface area contributed by atoms with Gasteiger partial charge >= 0.3 is 5.97 Å². The van der Waals surface area contributed by atoms with Gasteiger partial charge in [-0.25, -0.2) is 0 Å². The molecule has 1 aliphatic carbocycles.